The lowest BCUT2D eigenvalue weighted by molar-refractivity contribution is -0.144. The molecule has 0 aliphatic carbocycles. The molecule has 2 N–H and O–H groups in total. The molecule has 3 rings (SSSR count). The molecule has 0 amide bonds. The largest absolute Gasteiger partial charge is 0.507 e. The second kappa shape index (κ2) is 18.3. The van der Waals surface area contributed by atoms with Gasteiger partial charge in [0.15, 0.2) is 0 Å². The van der Waals surface area contributed by atoms with Gasteiger partial charge in [-0.1, -0.05) is 117 Å². The highest BCUT2D eigenvalue weighted by atomic mass is 16.5. The molecular weight excluding hydrogens is 582 g/mol. The highest BCUT2D eigenvalue weighted by Gasteiger charge is 2.36. The summed E-state index contributed by atoms with van der Waals surface area (Å²) < 4.78 is 6.90. The summed E-state index contributed by atoms with van der Waals surface area (Å²) in [4.78, 5) is 14.6. The molecule has 1 heterocycles. The van der Waals surface area contributed by atoms with E-state index in [0.717, 1.165) is 77.0 Å². The van der Waals surface area contributed by atoms with Gasteiger partial charge in [-0.05, 0) is 93.2 Å². The Morgan fingerprint density at radius 3 is 2.02 bits per heavy atom. The van der Waals surface area contributed by atoms with E-state index in [-0.39, 0.29) is 17.3 Å². The van der Waals surface area contributed by atoms with Gasteiger partial charge in [-0.3, -0.25) is 9.69 Å². The highest BCUT2D eigenvalue weighted by Crippen LogP contribution is 2.45. The van der Waals surface area contributed by atoms with Gasteiger partial charge in [0, 0.05) is 24.2 Å². The molecule has 4 atom stereocenters. The second-order valence-electron chi connectivity index (χ2n) is 16.2. The summed E-state index contributed by atoms with van der Waals surface area (Å²) in [5, 5.41) is 21.9. The number of nitrogens with zero attached hydrogens (tertiary/aromatic N) is 1. The van der Waals surface area contributed by atoms with E-state index >= 15 is 0 Å². The van der Waals surface area contributed by atoms with Gasteiger partial charge in [-0.15, -0.1) is 0 Å². The van der Waals surface area contributed by atoms with E-state index in [9.17, 15) is 15.0 Å². The van der Waals surface area contributed by atoms with Crippen molar-refractivity contribution in [2.45, 2.75) is 164 Å². The van der Waals surface area contributed by atoms with Gasteiger partial charge in [-0.25, -0.2) is 0 Å². The molecule has 2 aromatic rings. The van der Waals surface area contributed by atoms with Crippen LogP contribution >= 0.6 is 0 Å². The molecule has 5 nitrogen and oxygen atoms in total. The molecule has 2 aromatic carbocycles. The normalized spacial score (nSPS) is 18.3. The Balaban J connectivity index is 1.70. The van der Waals surface area contributed by atoms with Crippen LogP contribution in [-0.4, -0.2) is 32.7 Å². The quantitative estimate of drug-likeness (QED) is 0.149. The van der Waals surface area contributed by atoms with Crippen LogP contribution in [0.15, 0.2) is 30.3 Å². The maximum Gasteiger partial charge on any atom is 0.320 e. The van der Waals surface area contributed by atoms with Crippen molar-refractivity contribution < 1.29 is 19.7 Å². The fourth-order valence-electron chi connectivity index (χ4n) is 7.47. The van der Waals surface area contributed by atoms with E-state index in [4.69, 9.17) is 4.74 Å². The number of hydrogen-bond donors (Lipinski definition) is 2. The number of carboxylic acids is 1. The molecule has 1 aliphatic heterocycles. The van der Waals surface area contributed by atoms with Gasteiger partial charge in [-0.2, -0.15) is 0 Å². The van der Waals surface area contributed by atoms with Crippen LogP contribution in [0.3, 0.4) is 0 Å². The SMILES string of the molecule is Cc1c(C)c2c(c(CN(Cc3ccccc3)[C@@H](CC(C)C)C(=O)O)c1O)CCC(C)(CCCC(C)CCCC(C)CCCC(C)C)O2. The van der Waals surface area contributed by atoms with Crippen molar-refractivity contribution in [2.24, 2.45) is 23.7 Å². The van der Waals surface area contributed by atoms with Crippen LogP contribution in [0.5, 0.6) is 11.5 Å². The monoisotopic (exact) mass is 650 g/mol. The van der Waals surface area contributed by atoms with Gasteiger partial charge in [0.25, 0.3) is 0 Å². The van der Waals surface area contributed by atoms with Crippen molar-refractivity contribution >= 4 is 5.97 Å². The third-order valence-electron chi connectivity index (χ3n) is 10.7. The molecule has 0 radical (unpaired) electrons. The van der Waals surface area contributed by atoms with Crippen LogP contribution in [0, 0.1) is 37.5 Å². The predicted octanol–water partition coefficient (Wildman–Crippen LogP) is 11.0. The Bertz CT molecular complexity index is 1260. The topological polar surface area (TPSA) is 70.0 Å². The molecule has 0 aromatic heterocycles. The second-order valence-corrected chi connectivity index (χ2v) is 16.2. The van der Waals surface area contributed by atoms with E-state index in [0.29, 0.717) is 19.5 Å². The Morgan fingerprint density at radius 1 is 0.851 bits per heavy atom. The minimum atomic E-state index is -0.818. The highest BCUT2D eigenvalue weighted by molar-refractivity contribution is 5.73. The number of aliphatic carboxylic acids is 1. The first-order chi connectivity index (χ1) is 22.2. The molecule has 47 heavy (non-hydrogen) atoms. The lowest BCUT2D eigenvalue weighted by Gasteiger charge is -2.39. The zero-order valence-corrected chi connectivity index (χ0v) is 31.3. The summed E-state index contributed by atoms with van der Waals surface area (Å²) in [5.41, 5.74) is 4.51. The predicted molar refractivity (Wildman–Crippen MR) is 196 cm³/mol. The van der Waals surface area contributed by atoms with Crippen LogP contribution in [0.4, 0.5) is 0 Å². The Kier molecular flexibility index (Phi) is 15.1. The fraction of sp³-hybridized carbons (Fsp3) is 0.690. The summed E-state index contributed by atoms with van der Waals surface area (Å²) in [6.45, 7) is 20.7. The summed E-state index contributed by atoms with van der Waals surface area (Å²) in [6, 6.07) is 9.40. The molecule has 0 saturated carbocycles. The zero-order chi connectivity index (χ0) is 34.7. The van der Waals surface area contributed by atoms with Gasteiger partial charge < -0.3 is 14.9 Å². The number of phenolic OH excluding ortho intramolecular Hbond substituents is 1. The fourth-order valence-corrected chi connectivity index (χ4v) is 7.47. The van der Waals surface area contributed by atoms with Gasteiger partial charge in [0.05, 0.1) is 0 Å². The minimum absolute atomic E-state index is 0.228. The number of phenols is 1. The van der Waals surface area contributed by atoms with Crippen LogP contribution in [0.2, 0.25) is 0 Å². The van der Waals surface area contributed by atoms with E-state index in [2.05, 4.69) is 55.4 Å². The molecule has 0 bridgehead atoms. The molecule has 1 aliphatic rings. The van der Waals surface area contributed by atoms with Crippen molar-refractivity contribution in [3.8, 4) is 11.5 Å². The van der Waals surface area contributed by atoms with Crippen LogP contribution in [0.25, 0.3) is 0 Å². The van der Waals surface area contributed by atoms with Crippen molar-refractivity contribution in [3.63, 3.8) is 0 Å². The van der Waals surface area contributed by atoms with Crippen molar-refractivity contribution in [2.75, 3.05) is 0 Å². The number of benzene rings is 2. The lowest BCUT2D eigenvalue weighted by Crippen LogP contribution is -2.42. The molecule has 5 heteroatoms. The standard InChI is InChI=1S/C42H67NO4/c1-29(2)16-13-17-31(5)18-14-19-32(6)20-15-24-42(9)25-23-36-37(39(44)33(7)34(8)40(36)47-42)28-43(27-35-21-11-10-12-22-35)38(41(45)46)26-30(3)4/h10-12,21-22,29-32,38,44H,13-20,23-28H2,1-9H3,(H,45,46)/t31?,32?,38-,42?/m0/s1. The van der Waals surface area contributed by atoms with Gasteiger partial charge >= 0.3 is 5.97 Å². The number of carboxylic acid groups (broad SMARTS) is 1. The molecule has 0 spiro atoms. The maximum atomic E-state index is 12.6. The van der Waals surface area contributed by atoms with E-state index < -0.39 is 12.0 Å². The number of ether oxygens (including phenoxy) is 1. The molecule has 0 saturated heterocycles. The number of carbonyl (C=O) groups is 1. The van der Waals surface area contributed by atoms with E-state index in [1.165, 1.54) is 44.9 Å². The van der Waals surface area contributed by atoms with Crippen molar-refractivity contribution in [3.05, 3.63) is 58.1 Å². The molecule has 264 valence electrons. The summed E-state index contributed by atoms with van der Waals surface area (Å²) >= 11 is 0. The molecular formula is C42H67NO4. The average molecular weight is 650 g/mol. The molecule has 0 fully saturated rings. The van der Waals surface area contributed by atoms with Crippen molar-refractivity contribution in [1.82, 2.24) is 4.90 Å². The van der Waals surface area contributed by atoms with Crippen LogP contribution in [0.1, 0.15) is 147 Å². The number of aromatic hydroxyl groups is 1. The van der Waals surface area contributed by atoms with Crippen LogP contribution in [-0.2, 0) is 24.3 Å². The Hall–Kier alpha value is -2.53. The molecule has 3 unspecified atom stereocenters. The van der Waals surface area contributed by atoms with E-state index in [1.54, 1.807) is 0 Å². The summed E-state index contributed by atoms with van der Waals surface area (Å²) in [6.07, 6.45) is 13.7. The maximum absolute atomic E-state index is 12.6. The summed E-state index contributed by atoms with van der Waals surface area (Å²) in [7, 11) is 0. The summed E-state index contributed by atoms with van der Waals surface area (Å²) in [5.74, 6) is 2.97. The number of hydrogen-bond acceptors (Lipinski definition) is 4. The third-order valence-corrected chi connectivity index (χ3v) is 10.7. The Labute approximate surface area is 287 Å². The first kappa shape index (κ1) is 38.9. The average Bonchev–Trinajstić information content (AvgIpc) is 3.00. The first-order valence-electron chi connectivity index (χ1n) is 18.7. The number of rotatable bonds is 20. The van der Waals surface area contributed by atoms with Crippen LogP contribution < -0.4 is 4.74 Å². The number of fused-ring (bicyclic) bond motifs is 1. The van der Waals surface area contributed by atoms with Crippen molar-refractivity contribution in [1.29, 1.82) is 0 Å². The zero-order valence-electron chi connectivity index (χ0n) is 31.3. The minimum Gasteiger partial charge on any atom is -0.507 e. The Morgan fingerprint density at radius 2 is 1.45 bits per heavy atom. The third kappa shape index (κ3) is 11.8. The first-order valence-corrected chi connectivity index (χ1v) is 18.7. The smallest absolute Gasteiger partial charge is 0.320 e. The van der Waals surface area contributed by atoms with Gasteiger partial charge in [0.1, 0.15) is 23.1 Å². The van der Waals surface area contributed by atoms with Gasteiger partial charge in [0.2, 0.25) is 0 Å². The lowest BCUT2D eigenvalue weighted by atomic mass is 9.83. The van der Waals surface area contributed by atoms with E-state index in [1.807, 2.05) is 42.2 Å².